The van der Waals surface area contributed by atoms with Crippen LogP contribution in [0.3, 0.4) is 0 Å². The highest BCUT2D eigenvalue weighted by molar-refractivity contribution is 5.82. The summed E-state index contributed by atoms with van der Waals surface area (Å²) in [6.45, 7) is -0.296. The normalized spacial score (nSPS) is 23.8. The van der Waals surface area contributed by atoms with Crippen molar-refractivity contribution in [2.45, 2.75) is 18.3 Å². The van der Waals surface area contributed by atoms with E-state index in [1.807, 2.05) is 0 Å². The van der Waals surface area contributed by atoms with E-state index < -0.39 is 30.8 Å². The van der Waals surface area contributed by atoms with E-state index in [0.29, 0.717) is 0 Å². The molecule has 0 saturated carbocycles. The van der Waals surface area contributed by atoms with Crippen LogP contribution in [0.5, 0.6) is 0 Å². The van der Waals surface area contributed by atoms with E-state index in [-0.39, 0.29) is 6.61 Å². The second kappa shape index (κ2) is 3.51. The van der Waals surface area contributed by atoms with Crippen LogP contribution >= 0.6 is 0 Å². The molecule has 1 heterocycles. The van der Waals surface area contributed by atoms with Crippen LogP contribution in [-0.4, -0.2) is 42.5 Å². The van der Waals surface area contributed by atoms with Gasteiger partial charge < -0.3 is 15.2 Å². The van der Waals surface area contributed by atoms with Crippen LogP contribution in [0.2, 0.25) is 0 Å². The maximum atomic E-state index is 11.7. The summed E-state index contributed by atoms with van der Waals surface area (Å²) >= 11 is 0. The molecule has 0 bridgehead atoms. The molecule has 1 amide bonds. The second-order valence-electron chi connectivity index (χ2n) is 2.63. The van der Waals surface area contributed by atoms with E-state index >= 15 is 0 Å². The van der Waals surface area contributed by atoms with Crippen LogP contribution in [0.15, 0.2) is 0 Å². The Morgan fingerprint density at radius 2 is 2.23 bits per heavy atom. The number of hydrogen-bond donors (Lipinski definition) is 2. The highest BCUT2D eigenvalue weighted by atomic mass is 19.4. The molecule has 7 heteroatoms. The standard InChI is InChI=1S/C6H8F3NO3/c7-6(8,9)5(12)10-3(1-11)4-2-13-4/h3-4,11H,1-2H2,(H,10,12)/t3-,4?/m0/s1. The number of amides is 1. The highest BCUT2D eigenvalue weighted by Crippen LogP contribution is 2.18. The van der Waals surface area contributed by atoms with Crippen molar-refractivity contribution in [1.29, 1.82) is 0 Å². The van der Waals surface area contributed by atoms with Gasteiger partial charge in [0.1, 0.15) is 6.10 Å². The number of carbonyl (C=O) groups is 1. The summed E-state index contributed by atoms with van der Waals surface area (Å²) in [4.78, 5) is 10.4. The monoisotopic (exact) mass is 199 g/mol. The average Bonchev–Trinajstić information content (AvgIpc) is 2.80. The molecule has 1 unspecified atom stereocenters. The van der Waals surface area contributed by atoms with Gasteiger partial charge in [-0.05, 0) is 0 Å². The molecule has 0 spiro atoms. The summed E-state index contributed by atoms with van der Waals surface area (Å²) in [5.74, 6) is -2.05. The van der Waals surface area contributed by atoms with Gasteiger partial charge in [-0.2, -0.15) is 13.2 Å². The predicted molar refractivity (Wildman–Crippen MR) is 34.8 cm³/mol. The van der Waals surface area contributed by atoms with Gasteiger partial charge in [0, 0.05) is 0 Å². The lowest BCUT2D eigenvalue weighted by Crippen LogP contribution is -2.47. The fraction of sp³-hybridized carbons (Fsp3) is 0.833. The van der Waals surface area contributed by atoms with Gasteiger partial charge in [0.15, 0.2) is 0 Å². The van der Waals surface area contributed by atoms with Gasteiger partial charge in [-0.3, -0.25) is 4.79 Å². The lowest BCUT2D eigenvalue weighted by atomic mass is 10.2. The number of aliphatic hydroxyl groups excluding tert-OH is 1. The number of alkyl halides is 3. The fourth-order valence-corrected chi connectivity index (χ4v) is 0.794. The van der Waals surface area contributed by atoms with Crippen molar-refractivity contribution in [3.63, 3.8) is 0 Å². The fourth-order valence-electron chi connectivity index (χ4n) is 0.794. The summed E-state index contributed by atoms with van der Waals surface area (Å²) in [7, 11) is 0. The quantitative estimate of drug-likeness (QED) is 0.598. The molecule has 1 saturated heterocycles. The first-order chi connectivity index (χ1) is 5.95. The summed E-state index contributed by atoms with van der Waals surface area (Å²) in [6, 6.07) is -0.964. The molecule has 2 N–H and O–H groups in total. The molecule has 2 atom stereocenters. The van der Waals surface area contributed by atoms with Gasteiger partial charge in [0.25, 0.3) is 0 Å². The molecule has 0 aromatic carbocycles. The van der Waals surface area contributed by atoms with E-state index in [4.69, 9.17) is 5.11 Å². The first-order valence-corrected chi connectivity index (χ1v) is 3.55. The molecule has 1 rings (SSSR count). The highest BCUT2D eigenvalue weighted by Gasteiger charge is 2.42. The number of halogens is 3. The Morgan fingerprint density at radius 3 is 2.54 bits per heavy atom. The van der Waals surface area contributed by atoms with E-state index in [1.54, 1.807) is 5.32 Å². The zero-order valence-corrected chi connectivity index (χ0v) is 6.47. The minimum atomic E-state index is -4.91. The third-order valence-electron chi connectivity index (χ3n) is 1.58. The first-order valence-electron chi connectivity index (χ1n) is 3.55. The van der Waals surface area contributed by atoms with E-state index in [0.717, 1.165) is 0 Å². The number of hydrogen-bond acceptors (Lipinski definition) is 3. The maximum absolute atomic E-state index is 11.7. The van der Waals surface area contributed by atoms with Gasteiger partial charge in [0.2, 0.25) is 0 Å². The molecule has 0 aromatic heterocycles. The van der Waals surface area contributed by atoms with Crippen molar-refractivity contribution >= 4 is 5.91 Å². The molecule has 0 radical (unpaired) electrons. The molecule has 0 aliphatic carbocycles. The second-order valence-corrected chi connectivity index (χ2v) is 2.63. The van der Waals surface area contributed by atoms with Crippen molar-refractivity contribution in [3.8, 4) is 0 Å². The Morgan fingerprint density at radius 1 is 1.69 bits per heavy atom. The van der Waals surface area contributed by atoms with Crippen LogP contribution in [0.1, 0.15) is 0 Å². The topological polar surface area (TPSA) is 61.9 Å². The van der Waals surface area contributed by atoms with Gasteiger partial charge >= 0.3 is 12.1 Å². The Hall–Kier alpha value is -0.820. The maximum Gasteiger partial charge on any atom is 0.471 e. The molecule has 1 aliphatic heterocycles. The van der Waals surface area contributed by atoms with E-state index in [2.05, 4.69) is 4.74 Å². The summed E-state index contributed by atoms with van der Waals surface area (Å²) in [6.07, 6.45) is -5.40. The summed E-state index contributed by atoms with van der Waals surface area (Å²) in [5, 5.41) is 10.2. The number of aliphatic hydroxyl groups is 1. The number of carbonyl (C=O) groups excluding carboxylic acids is 1. The minimum absolute atomic E-state index is 0.267. The predicted octanol–water partition coefficient (Wildman–Crippen LogP) is -0.575. The van der Waals surface area contributed by atoms with Crippen LogP contribution in [0.25, 0.3) is 0 Å². The Bertz CT molecular complexity index is 202. The largest absolute Gasteiger partial charge is 0.471 e. The molecular formula is C6H8F3NO3. The molecule has 13 heavy (non-hydrogen) atoms. The van der Waals surface area contributed by atoms with Crippen LogP contribution in [0.4, 0.5) is 13.2 Å². The van der Waals surface area contributed by atoms with Gasteiger partial charge in [-0.1, -0.05) is 0 Å². The zero-order valence-electron chi connectivity index (χ0n) is 6.47. The molecule has 76 valence electrons. The van der Waals surface area contributed by atoms with Gasteiger partial charge in [-0.15, -0.1) is 0 Å². The molecule has 0 aromatic rings. The van der Waals surface area contributed by atoms with Crippen molar-refractivity contribution in [2.75, 3.05) is 13.2 Å². The Balaban J connectivity index is 2.41. The molecule has 4 nitrogen and oxygen atoms in total. The molecular weight excluding hydrogens is 191 g/mol. The Labute approximate surface area is 71.7 Å². The van der Waals surface area contributed by atoms with Crippen LogP contribution in [0, 0.1) is 0 Å². The number of rotatable bonds is 3. The number of epoxide rings is 1. The molecule has 1 fully saturated rings. The lowest BCUT2D eigenvalue weighted by molar-refractivity contribution is -0.174. The summed E-state index contributed by atoms with van der Waals surface area (Å²) in [5.41, 5.74) is 0. The average molecular weight is 199 g/mol. The molecule has 1 aliphatic rings. The SMILES string of the molecule is O=C(N[C@@H](CO)C1CO1)C(F)(F)F. The van der Waals surface area contributed by atoms with Gasteiger partial charge in [-0.25, -0.2) is 0 Å². The lowest BCUT2D eigenvalue weighted by Gasteiger charge is -2.14. The third-order valence-corrected chi connectivity index (χ3v) is 1.58. The smallest absolute Gasteiger partial charge is 0.394 e. The van der Waals surface area contributed by atoms with Crippen molar-refractivity contribution in [1.82, 2.24) is 5.32 Å². The first kappa shape index (κ1) is 10.3. The third kappa shape index (κ3) is 2.85. The van der Waals surface area contributed by atoms with Crippen molar-refractivity contribution < 1.29 is 27.8 Å². The summed E-state index contributed by atoms with van der Waals surface area (Å²) < 4.78 is 39.7. The number of ether oxygens (including phenoxy) is 1. The van der Waals surface area contributed by atoms with Crippen molar-refractivity contribution in [3.05, 3.63) is 0 Å². The zero-order chi connectivity index (χ0) is 10.1. The van der Waals surface area contributed by atoms with Crippen LogP contribution < -0.4 is 5.32 Å². The van der Waals surface area contributed by atoms with Crippen LogP contribution in [-0.2, 0) is 9.53 Å². The van der Waals surface area contributed by atoms with Gasteiger partial charge in [0.05, 0.1) is 19.3 Å². The van der Waals surface area contributed by atoms with Crippen molar-refractivity contribution in [2.24, 2.45) is 0 Å². The number of nitrogens with one attached hydrogen (secondary N) is 1. The Kier molecular flexibility index (Phi) is 2.77. The van der Waals surface area contributed by atoms with E-state index in [9.17, 15) is 18.0 Å². The van der Waals surface area contributed by atoms with E-state index in [1.165, 1.54) is 0 Å². The minimum Gasteiger partial charge on any atom is -0.394 e.